The van der Waals surface area contributed by atoms with E-state index in [0.29, 0.717) is 11.5 Å². The minimum Gasteiger partial charge on any atom is -0.376 e. The third-order valence-corrected chi connectivity index (χ3v) is 7.50. The third kappa shape index (κ3) is 3.64. The van der Waals surface area contributed by atoms with Gasteiger partial charge in [-0.15, -0.1) is 0 Å². The summed E-state index contributed by atoms with van der Waals surface area (Å²) in [5.41, 5.74) is 3.47. The summed E-state index contributed by atoms with van der Waals surface area (Å²) in [6.45, 7) is 10.9. The Hall–Kier alpha value is -1.10. The molecule has 0 saturated carbocycles. The smallest absolute Gasteiger partial charge is 0.0750 e. The second kappa shape index (κ2) is 7.73. The summed E-state index contributed by atoms with van der Waals surface area (Å²) in [5, 5.41) is 0. The molecule has 4 aliphatic heterocycles. The number of likely N-dealkylation sites (tertiary alicyclic amines) is 2. The van der Waals surface area contributed by atoms with E-state index in [1.54, 1.807) is 5.56 Å². The maximum atomic E-state index is 5.95. The number of fused-ring (bicyclic) bond motifs is 2. The average molecular weight is 370 g/mol. The zero-order valence-electron chi connectivity index (χ0n) is 16.7. The van der Waals surface area contributed by atoms with Gasteiger partial charge in [-0.2, -0.15) is 0 Å². The van der Waals surface area contributed by atoms with Crippen molar-refractivity contribution in [3.8, 4) is 0 Å². The summed E-state index contributed by atoms with van der Waals surface area (Å²) in [6, 6.07) is 9.21. The van der Waals surface area contributed by atoms with E-state index in [2.05, 4.69) is 39.0 Å². The third-order valence-electron chi connectivity index (χ3n) is 7.50. The van der Waals surface area contributed by atoms with E-state index in [1.807, 2.05) is 0 Å². The maximum Gasteiger partial charge on any atom is 0.0750 e. The lowest BCUT2D eigenvalue weighted by Crippen LogP contribution is -2.47. The summed E-state index contributed by atoms with van der Waals surface area (Å²) in [4.78, 5) is 8.01. The van der Waals surface area contributed by atoms with Crippen molar-refractivity contribution in [1.29, 1.82) is 0 Å². The Morgan fingerprint density at radius 3 is 2.41 bits per heavy atom. The fraction of sp³-hybridized carbons (Fsp3) is 0.739. The standard InChI is InChI=1S/C23H35N3O/c1-2-8-22-21(7-1)23(19-26(22)18-20-6-5-17-27-20)9-13-25(14-10-23)16-15-24-11-3-4-12-24/h1-2,7-8,20H,3-6,9-19H2/t20-/m0/s1. The van der Waals surface area contributed by atoms with E-state index in [9.17, 15) is 0 Å². The van der Waals surface area contributed by atoms with Gasteiger partial charge in [0.1, 0.15) is 0 Å². The SMILES string of the molecule is c1ccc2c(c1)N(C[C@@H]1CCCO1)CC21CCN(CCN2CCCC2)CC1. The van der Waals surface area contributed by atoms with E-state index in [1.165, 1.54) is 90.0 Å². The van der Waals surface area contributed by atoms with Gasteiger partial charge >= 0.3 is 0 Å². The van der Waals surface area contributed by atoms with Crippen molar-refractivity contribution < 1.29 is 4.74 Å². The predicted molar refractivity (Wildman–Crippen MR) is 111 cm³/mol. The van der Waals surface area contributed by atoms with Gasteiger partial charge in [0.25, 0.3) is 0 Å². The molecule has 4 aliphatic rings. The van der Waals surface area contributed by atoms with Crippen molar-refractivity contribution in [2.75, 3.05) is 63.9 Å². The Labute approximate surface area is 164 Å². The number of piperidine rings is 1. The molecule has 1 atom stereocenters. The van der Waals surface area contributed by atoms with Gasteiger partial charge in [0.15, 0.2) is 0 Å². The van der Waals surface area contributed by atoms with Crippen LogP contribution in [0.5, 0.6) is 0 Å². The second-order valence-electron chi connectivity index (χ2n) is 9.20. The molecule has 0 unspecified atom stereocenters. The van der Waals surface area contributed by atoms with Crippen LogP contribution in [0.3, 0.4) is 0 Å². The molecule has 0 radical (unpaired) electrons. The Morgan fingerprint density at radius 2 is 1.67 bits per heavy atom. The molecule has 4 heterocycles. The Morgan fingerprint density at radius 1 is 0.926 bits per heavy atom. The van der Waals surface area contributed by atoms with Crippen LogP contribution in [-0.4, -0.2) is 74.9 Å². The lowest BCUT2D eigenvalue weighted by atomic mass is 9.74. The second-order valence-corrected chi connectivity index (χ2v) is 9.20. The lowest BCUT2D eigenvalue weighted by molar-refractivity contribution is 0.113. The average Bonchev–Trinajstić information content (AvgIpc) is 3.45. The zero-order chi connectivity index (χ0) is 18.1. The molecule has 1 spiro atoms. The van der Waals surface area contributed by atoms with Crippen LogP contribution in [0.25, 0.3) is 0 Å². The number of hydrogen-bond acceptors (Lipinski definition) is 4. The summed E-state index contributed by atoms with van der Waals surface area (Å²) < 4.78 is 5.95. The number of anilines is 1. The summed E-state index contributed by atoms with van der Waals surface area (Å²) in [5.74, 6) is 0. The molecule has 0 N–H and O–H groups in total. The molecule has 148 valence electrons. The topological polar surface area (TPSA) is 19.0 Å². The van der Waals surface area contributed by atoms with Crippen LogP contribution in [0, 0.1) is 0 Å². The fourth-order valence-corrected chi connectivity index (χ4v) is 5.85. The Kier molecular flexibility index (Phi) is 5.14. The largest absolute Gasteiger partial charge is 0.376 e. The molecular formula is C23H35N3O. The van der Waals surface area contributed by atoms with Crippen molar-refractivity contribution in [1.82, 2.24) is 9.80 Å². The van der Waals surface area contributed by atoms with Gasteiger partial charge in [-0.05, 0) is 76.3 Å². The molecule has 27 heavy (non-hydrogen) atoms. The molecule has 0 amide bonds. The molecule has 3 fully saturated rings. The van der Waals surface area contributed by atoms with E-state index >= 15 is 0 Å². The quantitative estimate of drug-likeness (QED) is 0.794. The van der Waals surface area contributed by atoms with Crippen LogP contribution < -0.4 is 4.90 Å². The molecule has 4 heteroatoms. The first-order valence-corrected chi connectivity index (χ1v) is 11.2. The highest BCUT2D eigenvalue weighted by Crippen LogP contribution is 2.47. The van der Waals surface area contributed by atoms with E-state index in [-0.39, 0.29) is 0 Å². The van der Waals surface area contributed by atoms with E-state index in [4.69, 9.17) is 4.74 Å². The molecule has 1 aromatic carbocycles. The molecule has 5 rings (SSSR count). The van der Waals surface area contributed by atoms with Crippen molar-refractivity contribution in [2.24, 2.45) is 0 Å². The first-order valence-electron chi connectivity index (χ1n) is 11.2. The maximum absolute atomic E-state index is 5.95. The van der Waals surface area contributed by atoms with Crippen molar-refractivity contribution in [3.63, 3.8) is 0 Å². The highest BCUT2D eigenvalue weighted by Gasteiger charge is 2.44. The van der Waals surface area contributed by atoms with Gasteiger partial charge in [0.2, 0.25) is 0 Å². The number of para-hydroxylation sites is 1. The highest BCUT2D eigenvalue weighted by molar-refractivity contribution is 5.63. The molecule has 4 nitrogen and oxygen atoms in total. The fourth-order valence-electron chi connectivity index (χ4n) is 5.85. The number of rotatable bonds is 5. The summed E-state index contributed by atoms with van der Waals surface area (Å²) in [7, 11) is 0. The first kappa shape index (κ1) is 18.0. The van der Waals surface area contributed by atoms with Gasteiger partial charge in [0.05, 0.1) is 6.10 Å². The normalized spacial score (nSPS) is 28.3. The van der Waals surface area contributed by atoms with Gasteiger partial charge in [-0.25, -0.2) is 0 Å². The number of ether oxygens (including phenoxy) is 1. The van der Waals surface area contributed by atoms with Crippen LogP contribution in [-0.2, 0) is 10.2 Å². The van der Waals surface area contributed by atoms with Gasteiger partial charge in [-0.3, -0.25) is 0 Å². The van der Waals surface area contributed by atoms with Gasteiger partial charge < -0.3 is 19.4 Å². The van der Waals surface area contributed by atoms with E-state index in [0.717, 1.165) is 13.2 Å². The van der Waals surface area contributed by atoms with Crippen LogP contribution >= 0.6 is 0 Å². The lowest BCUT2D eigenvalue weighted by Gasteiger charge is -2.40. The zero-order valence-corrected chi connectivity index (χ0v) is 16.7. The number of benzene rings is 1. The minimum absolute atomic E-state index is 0.374. The first-order chi connectivity index (χ1) is 13.3. The van der Waals surface area contributed by atoms with E-state index < -0.39 is 0 Å². The van der Waals surface area contributed by atoms with Crippen molar-refractivity contribution in [3.05, 3.63) is 29.8 Å². The highest BCUT2D eigenvalue weighted by atomic mass is 16.5. The molecule has 0 bridgehead atoms. The molecular weight excluding hydrogens is 334 g/mol. The van der Waals surface area contributed by atoms with Crippen LogP contribution in [0.2, 0.25) is 0 Å². The number of nitrogens with zero attached hydrogens (tertiary/aromatic N) is 3. The Balaban J connectivity index is 1.23. The van der Waals surface area contributed by atoms with Gasteiger partial charge in [0, 0.05) is 43.9 Å². The van der Waals surface area contributed by atoms with Gasteiger partial charge in [-0.1, -0.05) is 18.2 Å². The molecule has 0 aromatic heterocycles. The van der Waals surface area contributed by atoms with Crippen LogP contribution in [0.4, 0.5) is 5.69 Å². The predicted octanol–water partition coefficient (Wildman–Crippen LogP) is 3.12. The molecule has 3 saturated heterocycles. The van der Waals surface area contributed by atoms with Crippen molar-refractivity contribution in [2.45, 2.75) is 50.0 Å². The Bertz CT molecular complexity index is 628. The van der Waals surface area contributed by atoms with Crippen LogP contribution in [0.1, 0.15) is 44.1 Å². The van der Waals surface area contributed by atoms with Crippen LogP contribution in [0.15, 0.2) is 24.3 Å². The van der Waals surface area contributed by atoms with Crippen molar-refractivity contribution >= 4 is 5.69 Å². The number of hydrogen-bond donors (Lipinski definition) is 0. The monoisotopic (exact) mass is 369 g/mol. The summed E-state index contributed by atoms with van der Waals surface area (Å²) in [6.07, 6.45) is 8.33. The minimum atomic E-state index is 0.374. The molecule has 0 aliphatic carbocycles. The molecule has 1 aromatic rings. The summed E-state index contributed by atoms with van der Waals surface area (Å²) >= 11 is 0.